The van der Waals surface area contributed by atoms with Crippen molar-refractivity contribution in [2.45, 2.75) is 6.43 Å². The Morgan fingerprint density at radius 2 is 2.46 bits per heavy atom. The van der Waals surface area contributed by atoms with E-state index in [2.05, 4.69) is 10.3 Å². The lowest BCUT2D eigenvalue weighted by Gasteiger charge is -1.99. The Bertz CT molecular complexity index is 299. The standard InChI is InChI=1S/C6H8F2N4O/c1-12-3-4(10-11-12)6(13)9-2-5(7)8/h3,5H,2H2,1H3,(H,9,13). The number of aryl methyl sites for hydroxylation is 1. The maximum atomic E-state index is 11.7. The molecule has 1 amide bonds. The molecule has 0 radical (unpaired) electrons. The van der Waals surface area contributed by atoms with Gasteiger partial charge in [0.1, 0.15) is 0 Å². The molecule has 0 atom stereocenters. The van der Waals surface area contributed by atoms with Crippen LogP contribution in [0.5, 0.6) is 0 Å². The van der Waals surface area contributed by atoms with Crippen LogP contribution in [0, 0.1) is 0 Å². The van der Waals surface area contributed by atoms with Crippen LogP contribution >= 0.6 is 0 Å². The molecule has 1 heterocycles. The maximum absolute atomic E-state index is 11.7. The van der Waals surface area contributed by atoms with E-state index in [-0.39, 0.29) is 5.69 Å². The summed E-state index contributed by atoms with van der Waals surface area (Å²) in [7, 11) is 1.58. The van der Waals surface area contributed by atoms with E-state index in [1.807, 2.05) is 5.32 Å². The van der Waals surface area contributed by atoms with Gasteiger partial charge in [0.25, 0.3) is 12.3 Å². The first kappa shape index (κ1) is 9.56. The van der Waals surface area contributed by atoms with E-state index >= 15 is 0 Å². The number of hydrogen-bond donors (Lipinski definition) is 1. The molecule has 1 rings (SSSR count). The first-order chi connectivity index (χ1) is 6.09. The summed E-state index contributed by atoms with van der Waals surface area (Å²) in [5.74, 6) is -0.645. The number of halogens is 2. The summed E-state index contributed by atoms with van der Waals surface area (Å²) in [6.45, 7) is -0.671. The van der Waals surface area contributed by atoms with E-state index in [0.717, 1.165) is 0 Å². The molecule has 0 aromatic carbocycles. The summed E-state index contributed by atoms with van der Waals surface area (Å²) >= 11 is 0. The molecule has 0 aliphatic heterocycles. The van der Waals surface area contributed by atoms with Gasteiger partial charge in [-0.05, 0) is 0 Å². The van der Waals surface area contributed by atoms with Crippen LogP contribution in [-0.4, -0.2) is 33.9 Å². The van der Waals surface area contributed by atoms with Gasteiger partial charge in [0.15, 0.2) is 5.69 Å². The minimum absolute atomic E-state index is 0.0307. The molecule has 0 bridgehead atoms. The van der Waals surface area contributed by atoms with Gasteiger partial charge in [0.2, 0.25) is 0 Å². The number of aromatic nitrogens is 3. The van der Waals surface area contributed by atoms with E-state index in [9.17, 15) is 13.6 Å². The number of carbonyl (C=O) groups is 1. The molecular formula is C6H8F2N4O. The summed E-state index contributed by atoms with van der Waals surface area (Å²) in [6.07, 6.45) is -1.21. The number of amides is 1. The van der Waals surface area contributed by atoms with E-state index in [1.54, 1.807) is 7.05 Å². The van der Waals surface area contributed by atoms with Crippen molar-refractivity contribution in [2.75, 3.05) is 6.54 Å². The summed E-state index contributed by atoms with van der Waals surface area (Å²) in [5.41, 5.74) is 0.0307. The molecule has 1 N–H and O–H groups in total. The Morgan fingerprint density at radius 3 is 2.92 bits per heavy atom. The topological polar surface area (TPSA) is 59.8 Å². The normalized spacial score (nSPS) is 10.5. The monoisotopic (exact) mass is 190 g/mol. The predicted molar refractivity (Wildman–Crippen MR) is 39.3 cm³/mol. The highest BCUT2D eigenvalue weighted by Gasteiger charge is 2.11. The Balaban J connectivity index is 2.49. The Hall–Kier alpha value is -1.53. The van der Waals surface area contributed by atoms with Crippen molar-refractivity contribution in [1.82, 2.24) is 20.3 Å². The quantitative estimate of drug-likeness (QED) is 0.718. The fourth-order valence-corrected chi connectivity index (χ4v) is 0.712. The van der Waals surface area contributed by atoms with Gasteiger partial charge in [-0.15, -0.1) is 5.10 Å². The average molecular weight is 190 g/mol. The van der Waals surface area contributed by atoms with Gasteiger partial charge in [-0.25, -0.2) is 8.78 Å². The van der Waals surface area contributed by atoms with Crippen LogP contribution in [-0.2, 0) is 7.05 Å². The molecule has 1 aromatic heterocycles. The minimum Gasteiger partial charge on any atom is -0.345 e. The molecule has 0 unspecified atom stereocenters. The molecule has 72 valence electrons. The van der Waals surface area contributed by atoms with Crippen molar-refractivity contribution in [3.05, 3.63) is 11.9 Å². The highest BCUT2D eigenvalue weighted by molar-refractivity contribution is 5.91. The van der Waals surface area contributed by atoms with Crippen molar-refractivity contribution >= 4 is 5.91 Å². The van der Waals surface area contributed by atoms with Gasteiger partial charge in [-0.2, -0.15) is 0 Å². The van der Waals surface area contributed by atoms with Crippen molar-refractivity contribution in [3.8, 4) is 0 Å². The first-order valence-corrected chi connectivity index (χ1v) is 3.52. The second kappa shape index (κ2) is 3.92. The van der Waals surface area contributed by atoms with Crippen LogP contribution < -0.4 is 5.32 Å². The van der Waals surface area contributed by atoms with Crippen LogP contribution in [0.3, 0.4) is 0 Å². The van der Waals surface area contributed by atoms with Crippen LogP contribution in [0.4, 0.5) is 8.78 Å². The zero-order valence-corrected chi connectivity index (χ0v) is 6.87. The zero-order valence-electron chi connectivity index (χ0n) is 6.87. The molecule has 0 saturated heterocycles. The van der Waals surface area contributed by atoms with Gasteiger partial charge < -0.3 is 5.32 Å². The number of nitrogens with zero attached hydrogens (tertiary/aromatic N) is 3. The van der Waals surface area contributed by atoms with Crippen molar-refractivity contribution in [1.29, 1.82) is 0 Å². The molecule has 0 aliphatic carbocycles. The Morgan fingerprint density at radius 1 is 1.77 bits per heavy atom. The second-order valence-corrected chi connectivity index (χ2v) is 2.38. The molecule has 7 heteroatoms. The lowest BCUT2D eigenvalue weighted by molar-refractivity contribution is 0.0887. The lowest BCUT2D eigenvalue weighted by atomic mass is 10.4. The molecule has 1 aromatic rings. The molecule has 0 spiro atoms. The first-order valence-electron chi connectivity index (χ1n) is 3.52. The molecular weight excluding hydrogens is 182 g/mol. The smallest absolute Gasteiger partial charge is 0.273 e. The number of nitrogens with one attached hydrogen (secondary N) is 1. The fourth-order valence-electron chi connectivity index (χ4n) is 0.712. The van der Waals surface area contributed by atoms with Crippen LogP contribution in [0.25, 0.3) is 0 Å². The summed E-state index contributed by atoms with van der Waals surface area (Å²) in [5, 5.41) is 8.94. The largest absolute Gasteiger partial charge is 0.345 e. The Kier molecular flexibility index (Phi) is 2.88. The molecule has 0 aliphatic rings. The SMILES string of the molecule is Cn1cc(C(=O)NCC(F)F)nn1. The van der Waals surface area contributed by atoms with E-state index < -0.39 is 18.9 Å². The third-order valence-electron chi connectivity index (χ3n) is 1.25. The van der Waals surface area contributed by atoms with Crippen LogP contribution in [0.15, 0.2) is 6.20 Å². The third-order valence-corrected chi connectivity index (χ3v) is 1.25. The number of hydrogen-bond acceptors (Lipinski definition) is 3. The van der Waals surface area contributed by atoms with E-state index in [4.69, 9.17) is 0 Å². The van der Waals surface area contributed by atoms with Crippen LogP contribution in [0.2, 0.25) is 0 Å². The van der Waals surface area contributed by atoms with Crippen molar-refractivity contribution in [2.24, 2.45) is 7.05 Å². The molecule has 0 saturated carbocycles. The number of carbonyl (C=O) groups excluding carboxylic acids is 1. The molecule has 0 fully saturated rings. The van der Waals surface area contributed by atoms with Gasteiger partial charge in [-0.3, -0.25) is 9.48 Å². The highest BCUT2D eigenvalue weighted by atomic mass is 19.3. The third kappa shape index (κ3) is 2.77. The van der Waals surface area contributed by atoms with Gasteiger partial charge in [0, 0.05) is 7.05 Å². The molecule has 13 heavy (non-hydrogen) atoms. The van der Waals surface area contributed by atoms with Crippen LogP contribution in [0.1, 0.15) is 10.5 Å². The van der Waals surface area contributed by atoms with E-state index in [0.29, 0.717) is 0 Å². The number of alkyl halides is 2. The molecule has 5 nitrogen and oxygen atoms in total. The average Bonchev–Trinajstić information content (AvgIpc) is 2.47. The summed E-state index contributed by atoms with van der Waals surface area (Å²) in [4.78, 5) is 11.0. The zero-order chi connectivity index (χ0) is 9.84. The predicted octanol–water partition coefficient (Wildman–Crippen LogP) is -0.190. The maximum Gasteiger partial charge on any atom is 0.273 e. The summed E-state index contributed by atoms with van der Waals surface area (Å²) < 4.78 is 24.6. The van der Waals surface area contributed by atoms with Gasteiger partial charge in [-0.1, -0.05) is 5.21 Å². The minimum atomic E-state index is -2.55. The van der Waals surface area contributed by atoms with Crippen molar-refractivity contribution < 1.29 is 13.6 Å². The Labute approximate surface area is 72.7 Å². The number of rotatable bonds is 3. The lowest BCUT2D eigenvalue weighted by Crippen LogP contribution is -2.28. The summed E-state index contributed by atoms with van der Waals surface area (Å²) in [6, 6.07) is 0. The van der Waals surface area contributed by atoms with Gasteiger partial charge in [0.05, 0.1) is 12.7 Å². The fraction of sp³-hybridized carbons (Fsp3) is 0.500. The second-order valence-electron chi connectivity index (χ2n) is 2.38. The van der Waals surface area contributed by atoms with Crippen molar-refractivity contribution in [3.63, 3.8) is 0 Å². The van der Waals surface area contributed by atoms with Gasteiger partial charge >= 0.3 is 0 Å². The van der Waals surface area contributed by atoms with E-state index in [1.165, 1.54) is 10.9 Å². The highest BCUT2D eigenvalue weighted by Crippen LogP contribution is 1.93.